The first kappa shape index (κ1) is 13.4. The molecule has 1 atom stereocenters. The van der Waals surface area contributed by atoms with E-state index in [1.54, 1.807) is 0 Å². The van der Waals surface area contributed by atoms with Crippen LogP contribution >= 0.6 is 0 Å². The summed E-state index contributed by atoms with van der Waals surface area (Å²) in [5.41, 5.74) is 0. The molecular formula is C8H16N2O5S. The van der Waals surface area contributed by atoms with Gasteiger partial charge in [-0.3, -0.25) is 4.79 Å². The molecule has 16 heavy (non-hydrogen) atoms. The molecule has 8 heteroatoms. The first-order chi connectivity index (χ1) is 7.53. The average Bonchev–Trinajstić information content (AvgIpc) is 2.28. The van der Waals surface area contributed by atoms with Crippen LogP contribution in [0.15, 0.2) is 0 Å². The monoisotopic (exact) mass is 252 g/mol. The number of morpholine rings is 1. The van der Waals surface area contributed by atoms with Crippen LogP contribution in [0.5, 0.6) is 0 Å². The standard InChI is InChI=1S/C8H16N2O5S/c1-9-8(12)7-6-15-4-2-10(7)16(13,14)5-3-11/h7,11H,2-6H2,1H3,(H,9,12). The van der Waals surface area contributed by atoms with Crippen LogP contribution in [0.4, 0.5) is 0 Å². The van der Waals surface area contributed by atoms with E-state index in [0.717, 1.165) is 4.31 Å². The number of hydrogen-bond acceptors (Lipinski definition) is 5. The van der Waals surface area contributed by atoms with Crippen molar-refractivity contribution in [1.29, 1.82) is 0 Å². The van der Waals surface area contributed by atoms with E-state index >= 15 is 0 Å². The number of carbonyl (C=O) groups is 1. The molecule has 1 heterocycles. The Balaban J connectivity index is 2.86. The molecule has 94 valence electrons. The van der Waals surface area contributed by atoms with Crippen LogP contribution < -0.4 is 5.32 Å². The number of amides is 1. The summed E-state index contributed by atoms with van der Waals surface area (Å²) < 4.78 is 29.7. The molecule has 1 aliphatic rings. The van der Waals surface area contributed by atoms with Gasteiger partial charge in [0.15, 0.2) is 0 Å². The lowest BCUT2D eigenvalue weighted by atomic mass is 10.2. The van der Waals surface area contributed by atoms with Gasteiger partial charge in [0.25, 0.3) is 0 Å². The summed E-state index contributed by atoms with van der Waals surface area (Å²) >= 11 is 0. The zero-order valence-electron chi connectivity index (χ0n) is 9.05. The molecule has 1 rings (SSSR count). The number of nitrogens with zero attached hydrogens (tertiary/aromatic N) is 1. The maximum absolute atomic E-state index is 11.7. The smallest absolute Gasteiger partial charge is 0.240 e. The van der Waals surface area contributed by atoms with Gasteiger partial charge in [-0.1, -0.05) is 0 Å². The second kappa shape index (κ2) is 5.58. The van der Waals surface area contributed by atoms with E-state index in [4.69, 9.17) is 9.84 Å². The van der Waals surface area contributed by atoms with Gasteiger partial charge >= 0.3 is 0 Å². The van der Waals surface area contributed by atoms with Crippen molar-refractivity contribution in [2.24, 2.45) is 0 Å². The Hall–Kier alpha value is -0.700. The normalized spacial score (nSPS) is 23.0. The summed E-state index contributed by atoms with van der Waals surface area (Å²) in [7, 11) is -2.16. The summed E-state index contributed by atoms with van der Waals surface area (Å²) in [5.74, 6) is -0.776. The Labute approximate surface area is 94.4 Å². The highest BCUT2D eigenvalue weighted by molar-refractivity contribution is 7.89. The van der Waals surface area contributed by atoms with Gasteiger partial charge in [0, 0.05) is 13.6 Å². The van der Waals surface area contributed by atoms with Crippen molar-refractivity contribution in [2.75, 3.05) is 39.2 Å². The zero-order valence-corrected chi connectivity index (χ0v) is 9.87. The van der Waals surface area contributed by atoms with Crippen LogP contribution in [0.3, 0.4) is 0 Å². The summed E-state index contributed by atoms with van der Waals surface area (Å²) in [4.78, 5) is 11.5. The van der Waals surface area contributed by atoms with Crippen molar-refractivity contribution in [1.82, 2.24) is 9.62 Å². The van der Waals surface area contributed by atoms with Gasteiger partial charge in [-0.2, -0.15) is 4.31 Å². The summed E-state index contributed by atoms with van der Waals surface area (Å²) in [6, 6.07) is -0.838. The lowest BCUT2D eigenvalue weighted by Gasteiger charge is -2.33. The number of sulfonamides is 1. The van der Waals surface area contributed by atoms with Gasteiger partial charge in [0.2, 0.25) is 15.9 Å². The van der Waals surface area contributed by atoms with Crippen LogP contribution in [0, 0.1) is 0 Å². The molecule has 1 amide bonds. The largest absolute Gasteiger partial charge is 0.395 e. The van der Waals surface area contributed by atoms with Crippen LogP contribution in [0.2, 0.25) is 0 Å². The molecule has 0 aromatic rings. The number of aliphatic hydroxyl groups is 1. The summed E-state index contributed by atoms with van der Waals surface area (Å²) in [5, 5.41) is 11.1. The highest BCUT2D eigenvalue weighted by Gasteiger charge is 2.36. The van der Waals surface area contributed by atoms with Crippen LogP contribution in [0.25, 0.3) is 0 Å². The van der Waals surface area contributed by atoms with Crippen molar-refractivity contribution in [2.45, 2.75) is 6.04 Å². The van der Waals surface area contributed by atoms with E-state index in [-0.39, 0.29) is 25.5 Å². The van der Waals surface area contributed by atoms with Crippen molar-refractivity contribution in [3.05, 3.63) is 0 Å². The third-order valence-corrected chi connectivity index (χ3v) is 4.19. The molecule has 1 saturated heterocycles. The lowest BCUT2D eigenvalue weighted by Crippen LogP contribution is -2.55. The van der Waals surface area contributed by atoms with E-state index < -0.39 is 28.6 Å². The minimum absolute atomic E-state index is 0.0460. The van der Waals surface area contributed by atoms with Crippen molar-refractivity contribution in [3.63, 3.8) is 0 Å². The number of carbonyl (C=O) groups excluding carboxylic acids is 1. The first-order valence-corrected chi connectivity index (χ1v) is 6.53. The number of hydrogen-bond donors (Lipinski definition) is 2. The molecule has 0 saturated carbocycles. The minimum atomic E-state index is -3.60. The quantitative estimate of drug-likeness (QED) is 0.589. The second-order valence-corrected chi connectivity index (χ2v) is 5.40. The lowest BCUT2D eigenvalue weighted by molar-refractivity contribution is -0.128. The van der Waals surface area contributed by atoms with Crippen molar-refractivity contribution >= 4 is 15.9 Å². The van der Waals surface area contributed by atoms with E-state index in [1.165, 1.54) is 7.05 Å². The molecule has 0 radical (unpaired) electrons. The fraction of sp³-hybridized carbons (Fsp3) is 0.875. The van der Waals surface area contributed by atoms with Crippen LogP contribution in [-0.2, 0) is 19.6 Å². The molecule has 1 aliphatic heterocycles. The molecule has 0 aromatic carbocycles. The van der Waals surface area contributed by atoms with Crippen molar-refractivity contribution in [3.8, 4) is 0 Å². The minimum Gasteiger partial charge on any atom is -0.395 e. The molecular weight excluding hydrogens is 236 g/mol. The zero-order chi connectivity index (χ0) is 12.2. The fourth-order valence-corrected chi connectivity index (χ4v) is 2.89. The number of rotatable bonds is 4. The Morgan fingerprint density at radius 2 is 2.31 bits per heavy atom. The number of ether oxygens (including phenoxy) is 1. The molecule has 0 spiro atoms. The maximum Gasteiger partial charge on any atom is 0.240 e. The average molecular weight is 252 g/mol. The van der Waals surface area contributed by atoms with Gasteiger partial charge in [-0.15, -0.1) is 0 Å². The number of aliphatic hydroxyl groups excluding tert-OH is 1. The highest BCUT2D eigenvalue weighted by Crippen LogP contribution is 2.13. The molecule has 1 unspecified atom stereocenters. The van der Waals surface area contributed by atoms with Gasteiger partial charge in [-0.25, -0.2) is 8.42 Å². The molecule has 7 nitrogen and oxygen atoms in total. The molecule has 1 fully saturated rings. The van der Waals surface area contributed by atoms with Crippen LogP contribution in [0.1, 0.15) is 0 Å². The van der Waals surface area contributed by atoms with Gasteiger partial charge in [0.1, 0.15) is 6.04 Å². The van der Waals surface area contributed by atoms with Gasteiger partial charge in [0.05, 0.1) is 25.6 Å². The molecule has 0 bridgehead atoms. The Kier molecular flexibility index (Phi) is 4.66. The Morgan fingerprint density at radius 1 is 1.62 bits per heavy atom. The van der Waals surface area contributed by atoms with Crippen molar-refractivity contribution < 1.29 is 23.1 Å². The van der Waals surface area contributed by atoms with E-state index in [9.17, 15) is 13.2 Å². The molecule has 0 aliphatic carbocycles. The predicted molar refractivity (Wildman–Crippen MR) is 56.3 cm³/mol. The third-order valence-electron chi connectivity index (χ3n) is 2.33. The number of nitrogens with one attached hydrogen (secondary N) is 1. The molecule has 2 N–H and O–H groups in total. The predicted octanol–water partition coefficient (Wildman–Crippen LogP) is -2.24. The Bertz CT molecular complexity index is 342. The SMILES string of the molecule is CNC(=O)C1COCCN1S(=O)(=O)CCO. The van der Waals surface area contributed by atoms with E-state index in [1.807, 2.05) is 0 Å². The fourth-order valence-electron chi connectivity index (χ4n) is 1.53. The Morgan fingerprint density at radius 3 is 2.88 bits per heavy atom. The first-order valence-electron chi connectivity index (χ1n) is 4.92. The van der Waals surface area contributed by atoms with E-state index in [0.29, 0.717) is 0 Å². The summed E-state index contributed by atoms with van der Waals surface area (Å²) in [6.45, 7) is -0.0109. The topological polar surface area (TPSA) is 95.9 Å². The second-order valence-electron chi connectivity index (χ2n) is 3.36. The van der Waals surface area contributed by atoms with E-state index in [2.05, 4.69) is 5.32 Å². The highest BCUT2D eigenvalue weighted by atomic mass is 32.2. The molecule has 0 aromatic heterocycles. The van der Waals surface area contributed by atoms with Gasteiger partial charge in [-0.05, 0) is 0 Å². The number of likely N-dealkylation sites (N-methyl/N-ethyl adjacent to an activating group) is 1. The van der Waals surface area contributed by atoms with Crippen LogP contribution in [-0.4, -0.2) is 68.9 Å². The van der Waals surface area contributed by atoms with Gasteiger partial charge < -0.3 is 15.2 Å². The third kappa shape index (κ3) is 2.91. The summed E-state index contributed by atoms with van der Waals surface area (Å²) in [6.07, 6.45) is 0. The maximum atomic E-state index is 11.7.